The van der Waals surface area contributed by atoms with Crippen LogP contribution in [0.1, 0.15) is 27.6 Å². The third kappa shape index (κ3) is 2.68. The lowest BCUT2D eigenvalue weighted by Crippen LogP contribution is -2.44. The van der Waals surface area contributed by atoms with E-state index in [0.29, 0.717) is 25.3 Å². The molecule has 96 valence electrons. The van der Waals surface area contributed by atoms with Gasteiger partial charge in [-0.3, -0.25) is 4.79 Å². The second-order valence-electron chi connectivity index (χ2n) is 4.32. The maximum atomic E-state index is 12.1. The fourth-order valence-corrected chi connectivity index (χ4v) is 1.94. The second-order valence-corrected chi connectivity index (χ2v) is 4.32. The number of carbonyl (C=O) groups is 2. The molecule has 1 heterocycles. The molecule has 5 heteroatoms. The van der Waals surface area contributed by atoms with Gasteiger partial charge in [0.05, 0.1) is 18.3 Å². The topological polar surface area (TPSA) is 66.8 Å². The van der Waals surface area contributed by atoms with Crippen molar-refractivity contribution in [3.05, 3.63) is 35.4 Å². The van der Waals surface area contributed by atoms with Gasteiger partial charge in [-0.05, 0) is 31.2 Å². The number of benzene rings is 1. The van der Waals surface area contributed by atoms with Crippen molar-refractivity contribution in [3.63, 3.8) is 0 Å². The molecule has 1 aromatic rings. The zero-order valence-corrected chi connectivity index (χ0v) is 10.1. The van der Waals surface area contributed by atoms with E-state index in [1.54, 1.807) is 17.0 Å². The first-order valence-electron chi connectivity index (χ1n) is 5.82. The Kier molecular flexibility index (Phi) is 3.62. The van der Waals surface area contributed by atoms with Crippen LogP contribution in [0.15, 0.2) is 24.3 Å². The number of hydrogen-bond acceptors (Lipinski definition) is 3. The number of aromatic carboxylic acids is 1. The van der Waals surface area contributed by atoms with Gasteiger partial charge in [0.15, 0.2) is 0 Å². The van der Waals surface area contributed by atoms with E-state index in [1.807, 2.05) is 6.92 Å². The predicted octanol–water partition coefficient (Wildman–Crippen LogP) is 1.25. The molecule has 5 nitrogen and oxygen atoms in total. The summed E-state index contributed by atoms with van der Waals surface area (Å²) in [5, 5.41) is 8.79. The first-order valence-corrected chi connectivity index (χ1v) is 5.82. The first kappa shape index (κ1) is 12.6. The van der Waals surface area contributed by atoms with Gasteiger partial charge in [-0.15, -0.1) is 0 Å². The maximum Gasteiger partial charge on any atom is 0.335 e. The molecule has 18 heavy (non-hydrogen) atoms. The van der Waals surface area contributed by atoms with Crippen molar-refractivity contribution in [3.8, 4) is 0 Å². The number of carboxylic acid groups (broad SMARTS) is 1. The minimum Gasteiger partial charge on any atom is -0.478 e. The Labute approximate surface area is 105 Å². The van der Waals surface area contributed by atoms with Crippen LogP contribution < -0.4 is 0 Å². The molecule has 1 atom stereocenters. The van der Waals surface area contributed by atoms with Crippen LogP contribution in [0.4, 0.5) is 0 Å². The number of carboxylic acids is 1. The minimum absolute atomic E-state index is 0.0426. The van der Waals surface area contributed by atoms with Crippen molar-refractivity contribution in [2.45, 2.75) is 13.0 Å². The van der Waals surface area contributed by atoms with Crippen LogP contribution in [0.25, 0.3) is 0 Å². The van der Waals surface area contributed by atoms with Gasteiger partial charge < -0.3 is 14.7 Å². The molecule has 0 aromatic heterocycles. The SMILES string of the molecule is C[C@@H]1CN(C(=O)c2ccc(C(=O)O)cc2)CCO1. The molecular formula is C13H15NO4. The number of ether oxygens (including phenoxy) is 1. The smallest absolute Gasteiger partial charge is 0.335 e. The van der Waals surface area contributed by atoms with E-state index >= 15 is 0 Å². The number of hydrogen-bond donors (Lipinski definition) is 1. The number of amides is 1. The van der Waals surface area contributed by atoms with Crippen LogP contribution in [0.2, 0.25) is 0 Å². The third-order valence-electron chi connectivity index (χ3n) is 2.91. The van der Waals surface area contributed by atoms with Gasteiger partial charge >= 0.3 is 5.97 Å². The highest BCUT2D eigenvalue weighted by Gasteiger charge is 2.22. The number of morpholine rings is 1. The van der Waals surface area contributed by atoms with E-state index in [-0.39, 0.29) is 17.6 Å². The third-order valence-corrected chi connectivity index (χ3v) is 2.91. The Hall–Kier alpha value is -1.88. The van der Waals surface area contributed by atoms with Crippen molar-refractivity contribution >= 4 is 11.9 Å². The molecule has 0 saturated carbocycles. The van der Waals surface area contributed by atoms with Crippen LogP contribution in [0.3, 0.4) is 0 Å². The summed E-state index contributed by atoms with van der Waals surface area (Å²) in [5.41, 5.74) is 0.691. The molecule has 2 rings (SSSR count). The van der Waals surface area contributed by atoms with Crippen LogP contribution in [-0.2, 0) is 4.74 Å². The van der Waals surface area contributed by atoms with E-state index in [9.17, 15) is 9.59 Å². The molecule has 1 aliphatic heterocycles. The average Bonchev–Trinajstić information content (AvgIpc) is 2.38. The van der Waals surface area contributed by atoms with Gasteiger partial charge in [0.2, 0.25) is 0 Å². The summed E-state index contributed by atoms with van der Waals surface area (Å²) in [5.74, 6) is -1.07. The van der Waals surface area contributed by atoms with Gasteiger partial charge in [0.25, 0.3) is 5.91 Å². The fraction of sp³-hybridized carbons (Fsp3) is 0.385. The van der Waals surface area contributed by atoms with Crippen LogP contribution in [0.5, 0.6) is 0 Å². The molecule has 1 amide bonds. The first-order chi connectivity index (χ1) is 8.58. The van der Waals surface area contributed by atoms with Gasteiger partial charge in [0, 0.05) is 18.7 Å². The Morgan fingerprint density at radius 3 is 2.44 bits per heavy atom. The molecule has 1 aliphatic rings. The van der Waals surface area contributed by atoms with Gasteiger partial charge in [-0.25, -0.2) is 4.79 Å². The summed E-state index contributed by atoms with van der Waals surface area (Å²) in [4.78, 5) is 24.6. The quantitative estimate of drug-likeness (QED) is 0.856. The van der Waals surface area contributed by atoms with Gasteiger partial charge in [-0.1, -0.05) is 0 Å². The normalized spacial score (nSPS) is 19.6. The molecular weight excluding hydrogens is 234 g/mol. The zero-order valence-electron chi connectivity index (χ0n) is 10.1. The van der Waals surface area contributed by atoms with Crippen LogP contribution in [-0.4, -0.2) is 47.7 Å². The molecule has 1 fully saturated rings. The molecule has 1 N–H and O–H groups in total. The van der Waals surface area contributed by atoms with Crippen molar-refractivity contribution in [2.24, 2.45) is 0 Å². The Morgan fingerprint density at radius 2 is 1.89 bits per heavy atom. The van der Waals surface area contributed by atoms with E-state index in [1.165, 1.54) is 12.1 Å². The predicted molar refractivity (Wildman–Crippen MR) is 64.7 cm³/mol. The Balaban J connectivity index is 2.10. The van der Waals surface area contributed by atoms with Crippen LogP contribution >= 0.6 is 0 Å². The van der Waals surface area contributed by atoms with Crippen molar-refractivity contribution in [1.82, 2.24) is 4.90 Å². The Morgan fingerprint density at radius 1 is 1.28 bits per heavy atom. The highest BCUT2D eigenvalue weighted by Crippen LogP contribution is 2.11. The summed E-state index contributed by atoms with van der Waals surface area (Å²) >= 11 is 0. The zero-order chi connectivity index (χ0) is 13.1. The lowest BCUT2D eigenvalue weighted by Gasteiger charge is -2.31. The highest BCUT2D eigenvalue weighted by molar-refractivity contribution is 5.96. The van der Waals surface area contributed by atoms with Crippen molar-refractivity contribution < 1.29 is 19.4 Å². The summed E-state index contributed by atoms with van der Waals surface area (Å²) < 4.78 is 5.37. The van der Waals surface area contributed by atoms with E-state index in [2.05, 4.69) is 0 Å². The Bertz CT molecular complexity index is 455. The lowest BCUT2D eigenvalue weighted by molar-refractivity contribution is -0.0124. The average molecular weight is 249 g/mol. The maximum absolute atomic E-state index is 12.1. The van der Waals surface area contributed by atoms with E-state index in [4.69, 9.17) is 9.84 Å². The fourth-order valence-electron chi connectivity index (χ4n) is 1.94. The minimum atomic E-state index is -0.992. The number of rotatable bonds is 2. The molecule has 1 saturated heterocycles. The second kappa shape index (κ2) is 5.18. The van der Waals surface area contributed by atoms with Gasteiger partial charge in [-0.2, -0.15) is 0 Å². The summed E-state index contributed by atoms with van der Waals surface area (Å²) in [7, 11) is 0. The van der Waals surface area contributed by atoms with Crippen molar-refractivity contribution in [1.29, 1.82) is 0 Å². The molecule has 0 bridgehead atoms. The summed E-state index contributed by atoms with van der Waals surface area (Å²) in [6, 6.07) is 5.98. The lowest BCUT2D eigenvalue weighted by atomic mass is 10.1. The monoisotopic (exact) mass is 249 g/mol. The van der Waals surface area contributed by atoms with Crippen LogP contribution in [0, 0.1) is 0 Å². The van der Waals surface area contributed by atoms with E-state index in [0.717, 1.165) is 0 Å². The van der Waals surface area contributed by atoms with Gasteiger partial charge in [0.1, 0.15) is 0 Å². The molecule has 0 aliphatic carbocycles. The molecule has 1 aromatic carbocycles. The molecule has 0 radical (unpaired) electrons. The number of carbonyl (C=O) groups excluding carboxylic acids is 1. The summed E-state index contributed by atoms with van der Waals surface area (Å²) in [6.07, 6.45) is 0.0426. The molecule has 0 spiro atoms. The highest BCUT2D eigenvalue weighted by atomic mass is 16.5. The van der Waals surface area contributed by atoms with E-state index < -0.39 is 5.97 Å². The molecule has 0 unspecified atom stereocenters. The largest absolute Gasteiger partial charge is 0.478 e. The standard InChI is InChI=1S/C13H15NO4/c1-9-8-14(6-7-18-9)12(15)10-2-4-11(5-3-10)13(16)17/h2-5,9H,6-8H2,1H3,(H,16,17)/t9-/m1/s1. The van der Waals surface area contributed by atoms with Crippen molar-refractivity contribution in [2.75, 3.05) is 19.7 Å². The number of nitrogens with zero attached hydrogens (tertiary/aromatic N) is 1. The summed E-state index contributed by atoms with van der Waals surface area (Å²) in [6.45, 7) is 3.61.